The van der Waals surface area contributed by atoms with E-state index in [4.69, 9.17) is 21.1 Å². The molecule has 0 aliphatic rings. The van der Waals surface area contributed by atoms with Gasteiger partial charge in [-0.3, -0.25) is 4.72 Å². The van der Waals surface area contributed by atoms with Crippen molar-refractivity contribution in [3.05, 3.63) is 76.1 Å². The number of nitrogens with one attached hydrogen (secondary N) is 1. The highest BCUT2D eigenvalue weighted by Crippen LogP contribution is 2.38. The molecule has 10 heteroatoms. The van der Waals surface area contributed by atoms with Crippen molar-refractivity contribution in [3.8, 4) is 17.6 Å². The fraction of sp³-hybridized carbons (Fsp3) is 0.346. The van der Waals surface area contributed by atoms with Crippen molar-refractivity contribution in [3.63, 3.8) is 0 Å². The minimum atomic E-state index is -3.47. The van der Waals surface area contributed by atoms with Gasteiger partial charge in [0, 0.05) is 11.6 Å². The minimum Gasteiger partial charge on any atom is -0.491 e. The van der Waals surface area contributed by atoms with Crippen LogP contribution in [0.15, 0.2) is 48.7 Å². The van der Waals surface area contributed by atoms with E-state index in [2.05, 4.69) is 41.5 Å². The van der Waals surface area contributed by atoms with Crippen LogP contribution in [0, 0.1) is 11.3 Å². The molecule has 3 aromatic rings. The molecule has 190 valence electrons. The van der Waals surface area contributed by atoms with E-state index < -0.39 is 15.4 Å². The number of aromatic nitrogens is 2. The molecule has 0 atom stereocenters. The Hall–Kier alpha value is -3.35. The first-order valence-electron chi connectivity index (χ1n) is 11.4. The Bertz CT molecular complexity index is 1350. The average molecular weight is 529 g/mol. The Kier molecular flexibility index (Phi) is 8.77. The van der Waals surface area contributed by atoms with Gasteiger partial charge in [0.2, 0.25) is 16.0 Å². The number of sulfonamides is 1. The third-order valence-corrected chi connectivity index (χ3v) is 6.42. The highest BCUT2D eigenvalue weighted by Gasteiger charge is 2.26. The molecule has 8 nitrogen and oxygen atoms in total. The van der Waals surface area contributed by atoms with Crippen LogP contribution in [-0.2, 0) is 22.0 Å². The summed E-state index contributed by atoms with van der Waals surface area (Å²) < 4.78 is 36.6. The second kappa shape index (κ2) is 11.6. The van der Waals surface area contributed by atoms with E-state index in [0.717, 1.165) is 30.2 Å². The minimum absolute atomic E-state index is 0.00659. The largest absolute Gasteiger partial charge is 0.491 e. The summed E-state index contributed by atoms with van der Waals surface area (Å²) in [4.78, 5) is 8.04. The molecular formula is C26H29ClN4O4S. The smallest absolute Gasteiger partial charge is 0.236 e. The van der Waals surface area contributed by atoms with E-state index in [9.17, 15) is 13.7 Å². The number of rotatable bonds is 11. The SMILES string of the molecule is CCCCOc1c(Cl)cc(C(C)(C)c2ccc(OCc3ccnc(NS(C)(=O)=O)n3)cc2)cc1C#N. The lowest BCUT2D eigenvalue weighted by Gasteiger charge is -2.27. The molecule has 2 aromatic carbocycles. The first-order valence-corrected chi connectivity index (χ1v) is 13.7. The van der Waals surface area contributed by atoms with Gasteiger partial charge in [0.05, 0.1) is 29.1 Å². The van der Waals surface area contributed by atoms with Gasteiger partial charge in [-0.25, -0.2) is 18.4 Å². The zero-order chi connectivity index (χ0) is 26.3. The van der Waals surface area contributed by atoms with Crippen molar-refractivity contribution < 1.29 is 17.9 Å². The second-order valence-corrected chi connectivity index (χ2v) is 11.0. The van der Waals surface area contributed by atoms with Crippen LogP contribution in [0.4, 0.5) is 5.95 Å². The standard InChI is InChI=1S/C26H29ClN4O4S/c1-5-6-13-34-24-18(16-28)14-20(15-23(24)27)26(2,3)19-7-9-22(10-8-19)35-17-21-11-12-29-25(30-21)31-36(4,32)33/h7-12,14-15H,5-6,13,17H2,1-4H3,(H,29,30,31). The van der Waals surface area contributed by atoms with Crippen LogP contribution < -0.4 is 14.2 Å². The highest BCUT2D eigenvalue weighted by atomic mass is 35.5. The van der Waals surface area contributed by atoms with Gasteiger partial charge in [-0.2, -0.15) is 5.26 Å². The molecule has 0 saturated heterocycles. The molecule has 1 N–H and O–H groups in total. The predicted molar refractivity (Wildman–Crippen MR) is 140 cm³/mol. The molecule has 3 rings (SSSR count). The average Bonchev–Trinajstić information content (AvgIpc) is 2.83. The van der Waals surface area contributed by atoms with Crippen molar-refractivity contribution in [2.24, 2.45) is 0 Å². The zero-order valence-corrected chi connectivity index (χ0v) is 22.3. The van der Waals surface area contributed by atoms with E-state index in [1.165, 1.54) is 6.20 Å². The molecule has 0 aliphatic carbocycles. The molecular weight excluding hydrogens is 500 g/mol. The van der Waals surface area contributed by atoms with Gasteiger partial charge in [-0.1, -0.05) is 50.9 Å². The van der Waals surface area contributed by atoms with E-state index in [-0.39, 0.29) is 12.6 Å². The van der Waals surface area contributed by atoms with Crippen LogP contribution in [0.3, 0.4) is 0 Å². The number of hydrogen-bond acceptors (Lipinski definition) is 7. The van der Waals surface area contributed by atoms with Gasteiger partial charge in [-0.05, 0) is 47.9 Å². The second-order valence-electron chi connectivity index (χ2n) is 8.83. The van der Waals surface area contributed by atoms with Gasteiger partial charge >= 0.3 is 0 Å². The van der Waals surface area contributed by atoms with Gasteiger partial charge in [0.15, 0.2) is 5.75 Å². The molecule has 0 radical (unpaired) electrons. The lowest BCUT2D eigenvalue weighted by Crippen LogP contribution is -2.19. The third kappa shape index (κ3) is 7.09. The molecule has 36 heavy (non-hydrogen) atoms. The van der Waals surface area contributed by atoms with Gasteiger partial charge in [-0.15, -0.1) is 0 Å². The molecule has 1 aromatic heterocycles. The summed E-state index contributed by atoms with van der Waals surface area (Å²) in [5.74, 6) is 1.05. The third-order valence-electron chi connectivity index (χ3n) is 5.58. The predicted octanol–water partition coefficient (Wildman–Crippen LogP) is 5.46. The van der Waals surface area contributed by atoms with Gasteiger partial charge < -0.3 is 9.47 Å². The topological polar surface area (TPSA) is 114 Å². The number of benzene rings is 2. The normalized spacial score (nSPS) is 11.6. The lowest BCUT2D eigenvalue weighted by molar-refractivity contribution is 0.301. The fourth-order valence-electron chi connectivity index (χ4n) is 3.49. The molecule has 0 bridgehead atoms. The van der Waals surface area contributed by atoms with Crippen molar-refractivity contribution in [2.75, 3.05) is 17.6 Å². The van der Waals surface area contributed by atoms with Crippen molar-refractivity contribution in [2.45, 2.75) is 45.6 Å². The molecule has 0 unspecified atom stereocenters. The summed E-state index contributed by atoms with van der Waals surface area (Å²) in [7, 11) is -3.47. The maximum atomic E-state index is 11.4. The molecule has 0 aliphatic heterocycles. The first-order chi connectivity index (χ1) is 17.0. The molecule has 0 fully saturated rings. The molecule has 0 amide bonds. The summed E-state index contributed by atoms with van der Waals surface area (Å²) >= 11 is 6.51. The summed E-state index contributed by atoms with van der Waals surface area (Å²) in [5, 5.41) is 10.1. The van der Waals surface area contributed by atoms with Crippen LogP contribution >= 0.6 is 11.6 Å². The molecule has 0 spiro atoms. The Labute approximate surface area is 217 Å². The van der Waals surface area contributed by atoms with Crippen LogP contribution in [0.1, 0.15) is 56.0 Å². The summed E-state index contributed by atoms with van der Waals surface area (Å²) in [6, 6.07) is 15.2. The van der Waals surface area contributed by atoms with Crippen molar-refractivity contribution in [1.29, 1.82) is 5.26 Å². The number of halogens is 1. The summed E-state index contributed by atoms with van der Waals surface area (Å²) in [6.45, 7) is 6.85. The Morgan fingerprint density at radius 1 is 1.11 bits per heavy atom. The Morgan fingerprint density at radius 3 is 2.47 bits per heavy atom. The number of hydrogen-bond donors (Lipinski definition) is 1. The fourth-order valence-corrected chi connectivity index (χ4v) is 4.19. The van der Waals surface area contributed by atoms with E-state index in [1.54, 1.807) is 6.07 Å². The van der Waals surface area contributed by atoms with Crippen LogP contribution in [0.2, 0.25) is 5.02 Å². The number of nitrogens with zero attached hydrogens (tertiary/aromatic N) is 3. The lowest BCUT2D eigenvalue weighted by atomic mass is 9.77. The van der Waals surface area contributed by atoms with Crippen molar-refractivity contribution in [1.82, 2.24) is 9.97 Å². The van der Waals surface area contributed by atoms with E-state index in [1.807, 2.05) is 36.4 Å². The number of nitriles is 1. The zero-order valence-electron chi connectivity index (χ0n) is 20.7. The number of ether oxygens (including phenoxy) is 2. The monoisotopic (exact) mass is 528 g/mol. The summed E-state index contributed by atoms with van der Waals surface area (Å²) in [5.41, 5.74) is 2.41. The van der Waals surface area contributed by atoms with Crippen molar-refractivity contribution >= 4 is 27.6 Å². The Balaban J connectivity index is 1.74. The van der Waals surface area contributed by atoms with E-state index in [0.29, 0.717) is 34.4 Å². The maximum Gasteiger partial charge on any atom is 0.236 e. The quantitative estimate of drug-likeness (QED) is 0.329. The molecule has 0 saturated carbocycles. The molecule has 1 heterocycles. The maximum absolute atomic E-state index is 11.4. The number of anilines is 1. The first kappa shape index (κ1) is 27.2. The highest BCUT2D eigenvalue weighted by molar-refractivity contribution is 7.91. The van der Waals surface area contributed by atoms with Crippen LogP contribution in [0.5, 0.6) is 11.5 Å². The summed E-state index contributed by atoms with van der Waals surface area (Å²) in [6.07, 6.45) is 4.38. The Morgan fingerprint density at radius 2 is 1.83 bits per heavy atom. The number of unbranched alkanes of at least 4 members (excludes halogenated alkanes) is 1. The van der Waals surface area contributed by atoms with Gasteiger partial charge in [0.25, 0.3) is 0 Å². The van der Waals surface area contributed by atoms with E-state index >= 15 is 0 Å². The van der Waals surface area contributed by atoms with Crippen LogP contribution in [0.25, 0.3) is 0 Å². The van der Waals surface area contributed by atoms with Crippen LogP contribution in [-0.4, -0.2) is 31.2 Å². The van der Waals surface area contributed by atoms with Gasteiger partial charge in [0.1, 0.15) is 18.4 Å².